The predicted octanol–water partition coefficient (Wildman–Crippen LogP) is 0.364. The Hall–Kier alpha value is -0.870. The number of carbonyl (C=O) groups is 1. The smallest absolute Gasteiger partial charge is 0.221 e. The Bertz CT molecular complexity index is 249. The summed E-state index contributed by atoms with van der Waals surface area (Å²) in [6.07, 6.45) is 4.94. The van der Waals surface area contributed by atoms with Crippen LogP contribution in [0, 0.1) is 0 Å². The van der Waals surface area contributed by atoms with Crippen molar-refractivity contribution in [1.82, 2.24) is 15.5 Å². The van der Waals surface area contributed by atoms with Crippen molar-refractivity contribution in [3.8, 4) is 0 Å². The Morgan fingerprint density at radius 2 is 2.38 bits per heavy atom. The van der Waals surface area contributed by atoms with Gasteiger partial charge in [0, 0.05) is 26.1 Å². The summed E-state index contributed by atoms with van der Waals surface area (Å²) in [7, 11) is 3.96. The van der Waals surface area contributed by atoms with E-state index >= 15 is 0 Å². The summed E-state index contributed by atoms with van der Waals surface area (Å²) in [5.41, 5.74) is 1.46. The standard InChI is InChI=1S/C12H23N3O/c1-15(2)10-6-12(16)14-9-5-11-3-7-13-8-4-11/h3,13H,4-10H2,1-2H3,(H,14,16). The summed E-state index contributed by atoms with van der Waals surface area (Å²) in [5.74, 6) is 0.156. The highest BCUT2D eigenvalue weighted by Crippen LogP contribution is 2.07. The second kappa shape index (κ2) is 7.41. The number of hydrogen-bond acceptors (Lipinski definition) is 3. The van der Waals surface area contributed by atoms with Crippen molar-refractivity contribution < 1.29 is 4.79 Å². The van der Waals surface area contributed by atoms with Crippen molar-refractivity contribution in [3.63, 3.8) is 0 Å². The molecular formula is C12H23N3O. The first-order chi connectivity index (χ1) is 7.68. The molecule has 0 spiro atoms. The average molecular weight is 225 g/mol. The highest BCUT2D eigenvalue weighted by atomic mass is 16.1. The van der Waals surface area contributed by atoms with Gasteiger partial charge in [0.05, 0.1) is 0 Å². The molecule has 0 atom stereocenters. The van der Waals surface area contributed by atoms with Gasteiger partial charge in [0.2, 0.25) is 5.91 Å². The Balaban J connectivity index is 2.05. The van der Waals surface area contributed by atoms with Gasteiger partial charge in [-0.3, -0.25) is 4.79 Å². The quantitative estimate of drug-likeness (QED) is 0.642. The lowest BCUT2D eigenvalue weighted by Gasteiger charge is -2.14. The van der Waals surface area contributed by atoms with Crippen molar-refractivity contribution in [1.29, 1.82) is 0 Å². The van der Waals surface area contributed by atoms with Gasteiger partial charge in [-0.05, 0) is 33.5 Å². The van der Waals surface area contributed by atoms with Gasteiger partial charge in [-0.25, -0.2) is 0 Å². The molecule has 4 nitrogen and oxygen atoms in total. The second-order valence-electron chi connectivity index (χ2n) is 4.47. The molecule has 0 aliphatic carbocycles. The predicted molar refractivity (Wildman–Crippen MR) is 66.4 cm³/mol. The van der Waals surface area contributed by atoms with Gasteiger partial charge in [0.1, 0.15) is 0 Å². The molecular weight excluding hydrogens is 202 g/mol. The SMILES string of the molecule is CN(C)CCC(=O)NCCC1=CCNCC1. The molecule has 0 aromatic rings. The van der Waals surface area contributed by atoms with E-state index in [2.05, 4.69) is 16.7 Å². The molecule has 0 bridgehead atoms. The Kier molecular flexibility index (Phi) is 6.11. The van der Waals surface area contributed by atoms with Gasteiger partial charge in [-0.1, -0.05) is 11.6 Å². The topological polar surface area (TPSA) is 44.4 Å². The molecule has 1 aliphatic rings. The normalized spacial score (nSPS) is 16.1. The fraction of sp³-hybridized carbons (Fsp3) is 0.750. The number of hydrogen-bond donors (Lipinski definition) is 2. The molecule has 0 saturated heterocycles. The van der Waals surface area contributed by atoms with Crippen molar-refractivity contribution in [2.75, 3.05) is 40.3 Å². The van der Waals surface area contributed by atoms with E-state index in [1.807, 2.05) is 19.0 Å². The first-order valence-electron chi connectivity index (χ1n) is 5.98. The van der Waals surface area contributed by atoms with Crippen LogP contribution < -0.4 is 10.6 Å². The highest BCUT2D eigenvalue weighted by molar-refractivity contribution is 5.76. The zero-order chi connectivity index (χ0) is 11.8. The molecule has 1 heterocycles. The molecule has 0 fully saturated rings. The van der Waals surface area contributed by atoms with E-state index in [4.69, 9.17) is 0 Å². The number of nitrogens with one attached hydrogen (secondary N) is 2. The van der Waals surface area contributed by atoms with E-state index in [0.717, 1.165) is 39.0 Å². The van der Waals surface area contributed by atoms with Gasteiger partial charge >= 0.3 is 0 Å². The first-order valence-corrected chi connectivity index (χ1v) is 5.98. The van der Waals surface area contributed by atoms with E-state index in [1.165, 1.54) is 5.57 Å². The lowest BCUT2D eigenvalue weighted by atomic mass is 10.1. The Morgan fingerprint density at radius 3 is 3.00 bits per heavy atom. The molecule has 1 amide bonds. The molecule has 0 saturated carbocycles. The lowest BCUT2D eigenvalue weighted by Crippen LogP contribution is -2.29. The maximum absolute atomic E-state index is 11.4. The van der Waals surface area contributed by atoms with Crippen molar-refractivity contribution in [3.05, 3.63) is 11.6 Å². The molecule has 0 radical (unpaired) electrons. The van der Waals surface area contributed by atoms with E-state index in [9.17, 15) is 4.79 Å². The third-order valence-corrected chi connectivity index (χ3v) is 2.71. The van der Waals surface area contributed by atoms with Crippen LogP contribution in [0.25, 0.3) is 0 Å². The largest absolute Gasteiger partial charge is 0.356 e. The van der Waals surface area contributed by atoms with Crippen molar-refractivity contribution >= 4 is 5.91 Å². The van der Waals surface area contributed by atoms with Crippen LogP contribution in [-0.4, -0.2) is 51.1 Å². The van der Waals surface area contributed by atoms with Crippen LogP contribution in [0.4, 0.5) is 0 Å². The third-order valence-electron chi connectivity index (χ3n) is 2.71. The Labute approximate surface area is 98.1 Å². The third kappa shape index (κ3) is 5.88. The fourth-order valence-corrected chi connectivity index (χ4v) is 1.67. The van der Waals surface area contributed by atoms with Crippen molar-refractivity contribution in [2.45, 2.75) is 19.3 Å². The monoisotopic (exact) mass is 225 g/mol. The van der Waals surface area contributed by atoms with E-state index < -0.39 is 0 Å². The molecule has 0 aromatic heterocycles. The van der Waals surface area contributed by atoms with E-state index in [0.29, 0.717) is 6.42 Å². The number of carbonyl (C=O) groups excluding carboxylic acids is 1. The minimum atomic E-state index is 0.156. The lowest BCUT2D eigenvalue weighted by molar-refractivity contribution is -0.121. The Morgan fingerprint density at radius 1 is 1.56 bits per heavy atom. The number of rotatable bonds is 6. The molecule has 1 rings (SSSR count). The molecule has 2 N–H and O–H groups in total. The van der Waals surface area contributed by atoms with E-state index in [1.54, 1.807) is 0 Å². The van der Waals surface area contributed by atoms with Crippen LogP contribution in [0.2, 0.25) is 0 Å². The van der Waals surface area contributed by atoms with Crippen LogP contribution in [0.1, 0.15) is 19.3 Å². The molecule has 92 valence electrons. The zero-order valence-electron chi connectivity index (χ0n) is 10.4. The van der Waals surface area contributed by atoms with Gasteiger partial charge in [-0.15, -0.1) is 0 Å². The molecule has 0 aromatic carbocycles. The minimum Gasteiger partial charge on any atom is -0.356 e. The van der Waals surface area contributed by atoms with Crippen LogP contribution in [0.5, 0.6) is 0 Å². The summed E-state index contributed by atoms with van der Waals surface area (Å²) >= 11 is 0. The van der Waals surface area contributed by atoms with Crippen LogP contribution in [0.3, 0.4) is 0 Å². The molecule has 1 aliphatic heterocycles. The minimum absolute atomic E-state index is 0.156. The number of nitrogens with zero attached hydrogens (tertiary/aromatic N) is 1. The van der Waals surface area contributed by atoms with Gasteiger partial charge in [0.15, 0.2) is 0 Å². The highest BCUT2D eigenvalue weighted by Gasteiger charge is 2.04. The zero-order valence-corrected chi connectivity index (χ0v) is 10.4. The second-order valence-corrected chi connectivity index (χ2v) is 4.47. The summed E-state index contributed by atoms with van der Waals surface area (Å²) in [4.78, 5) is 13.4. The summed E-state index contributed by atoms with van der Waals surface area (Å²) in [5, 5.41) is 6.24. The summed E-state index contributed by atoms with van der Waals surface area (Å²) in [6.45, 7) is 3.64. The van der Waals surface area contributed by atoms with Gasteiger partial charge in [0.25, 0.3) is 0 Å². The average Bonchev–Trinajstić information content (AvgIpc) is 2.28. The van der Waals surface area contributed by atoms with Crippen LogP contribution >= 0.6 is 0 Å². The maximum Gasteiger partial charge on any atom is 0.221 e. The number of amides is 1. The summed E-state index contributed by atoms with van der Waals surface area (Å²) in [6, 6.07) is 0. The van der Waals surface area contributed by atoms with Crippen molar-refractivity contribution in [2.24, 2.45) is 0 Å². The molecule has 16 heavy (non-hydrogen) atoms. The van der Waals surface area contributed by atoms with Crippen LogP contribution in [-0.2, 0) is 4.79 Å². The molecule has 0 unspecified atom stereocenters. The van der Waals surface area contributed by atoms with Crippen LogP contribution in [0.15, 0.2) is 11.6 Å². The van der Waals surface area contributed by atoms with Gasteiger partial charge < -0.3 is 15.5 Å². The first kappa shape index (κ1) is 13.2. The summed E-state index contributed by atoms with van der Waals surface area (Å²) < 4.78 is 0. The molecule has 4 heteroatoms. The van der Waals surface area contributed by atoms with E-state index in [-0.39, 0.29) is 5.91 Å². The fourth-order valence-electron chi connectivity index (χ4n) is 1.67. The van der Waals surface area contributed by atoms with Gasteiger partial charge in [-0.2, -0.15) is 0 Å². The maximum atomic E-state index is 11.4.